The third-order valence-corrected chi connectivity index (χ3v) is 4.52. The van der Waals surface area contributed by atoms with E-state index in [1.165, 1.54) is 44.9 Å². The van der Waals surface area contributed by atoms with Crippen molar-refractivity contribution in [3.05, 3.63) is 0 Å². The predicted octanol–water partition coefficient (Wildman–Crippen LogP) is 4.28. The van der Waals surface area contributed by atoms with Gasteiger partial charge in [0.2, 0.25) is 5.91 Å². The number of amides is 1. The molecule has 144 valence electrons. The van der Waals surface area contributed by atoms with Crippen LogP contribution in [0.5, 0.6) is 0 Å². The predicted molar refractivity (Wildman–Crippen MR) is 101 cm³/mol. The molecule has 0 saturated carbocycles. The maximum Gasteiger partial charge on any atom is 0.222 e. The number of hydrogen-bond donors (Lipinski definition) is 2. The van der Waals surface area contributed by atoms with Crippen molar-refractivity contribution in [2.24, 2.45) is 0 Å². The third-order valence-electron chi connectivity index (χ3n) is 4.52. The smallest absolute Gasteiger partial charge is 0.222 e. The molecule has 0 aromatic carbocycles. The van der Waals surface area contributed by atoms with Gasteiger partial charge in [0.25, 0.3) is 0 Å². The Hall–Kier alpha value is -0.610. The molecule has 0 rings (SSSR count). The van der Waals surface area contributed by atoms with Gasteiger partial charge >= 0.3 is 0 Å². The summed E-state index contributed by atoms with van der Waals surface area (Å²) >= 11 is 0. The minimum absolute atomic E-state index is 0.191. The maximum atomic E-state index is 12.3. The molecule has 0 heterocycles. The zero-order chi connectivity index (χ0) is 17.9. The fourth-order valence-corrected chi connectivity index (χ4v) is 2.94. The molecule has 1 amide bonds. The van der Waals surface area contributed by atoms with Crippen LogP contribution < -0.4 is 0 Å². The normalized spacial score (nSPS) is 11.0. The van der Waals surface area contributed by atoms with Crippen molar-refractivity contribution in [3.63, 3.8) is 0 Å². The summed E-state index contributed by atoms with van der Waals surface area (Å²) < 4.78 is 0. The zero-order valence-corrected chi connectivity index (χ0v) is 16.0. The van der Waals surface area contributed by atoms with Gasteiger partial charge in [0.15, 0.2) is 0 Å². The second kappa shape index (κ2) is 18.7. The van der Waals surface area contributed by atoms with Crippen LogP contribution in [0.15, 0.2) is 0 Å². The van der Waals surface area contributed by atoms with Crippen LogP contribution in [-0.2, 0) is 4.79 Å². The van der Waals surface area contributed by atoms with E-state index < -0.39 is 0 Å². The minimum Gasteiger partial charge on any atom is -0.396 e. The highest BCUT2D eigenvalue weighted by molar-refractivity contribution is 5.76. The molecule has 0 bridgehead atoms. The first-order valence-electron chi connectivity index (χ1n) is 10.3. The maximum absolute atomic E-state index is 12.3. The Morgan fingerprint density at radius 3 is 1.58 bits per heavy atom. The molecule has 0 aromatic rings. The first-order chi connectivity index (χ1) is 11.8. The second-order valence-corrected chi connectivity index (χ2v) is 6.82. The van der Waals surface area contributed by atoms with Crippen molar-refractivity contribution in [1.82, 2.24) is 4.90 Å². The van der Waals surface area contributed by atoms with Crippen LogP contribution in [0.3, 0.4) is 0 Å². The van der Waals surface area contributed by atoms with Crippen LogP contribution in [0.1, 0.15) is 96.8 Å². The van der Waals surface area contributed by atoms with E-state index in [0.717, 1.165) is 51.6 Å². The Balaban J connectivity index is 3.74. The molecule has 0 saturated heterocycles. The quantitative estimate of drug-likeness (QED) is 0.365. The Bertz CT molecular complexity index is 262. The van der Waals surface area contributed by atoms with Gasteiger partial charge in [-0.3, -0.25) is 4.79 Å². The first-order valence-corrected chi connectivity index (χ1v) is 10.3. The lowest BCUT2D eigenvalue weighted by Gasteiger charge is -2.22. The molecular weight excluding hydrogens is 302 g/mol. The van der Waals surface area contributed by atoms with Crippen LogP contribution in [0.2, 0.25) is 0 Å². The molecule has 0 aromatic heterocycles. The number of hydrogen-bond acceptors (Lipinski definition) is 3. The van der Waals surface area contributed by atoms with E-state index in [0.29, 0.717) is 6.42 Å². The molecule has 0 fully saturated rings. The van der Waals surface area contributed by atoms with Gasteiger partial charge in [0.1, 0.15) is 0 Å². The molecule has 0 aliphatic heterocycles. The summed E-state index contributed by atoms with van der Waals surface area (Å²) in [5.74, 6) is 0.244. The number of nitrogens with zero attached hydrogens (tertiary/aromatic N) is 1. The highest BCUT2D eigenvalue weighted by atomic mass is 16.3. The summed E-state index contributed by atoms with van der Waals surface area (Å²) in [6, 6.07) is 0. The lowest BCUT2D eigenvalue weighted by atomic mass is 10.1. The zero-order valence-electron chi connectivity index (χ0n) is 16.0. The van der Waals surface area contributed by atoms with E-state index in [-0.39, 0.29) is 19.1 Å². The molecule has 0 atom stereocenters. The van der Waals surface area contributed by atoms with Gasteiger partial charge < -0.3 is 15.1 Å². The molecule has 0 spiro atoms. The number of aliphatic hydroxyl groups excluding tert-OH is 2. The fourth-order valence-electron chi connectivity index (χ4n) is 2.94. The molecule has 0 unspecified atom stereocenters. The number of carbonyl (C=O) groups excluding carboxylic acids is 1. The molecule has 0 aliphatic rings. The van der Waals surface area contributed by atoms with Crippen LogP contribution in [0, 0.1) is 0 Å². The van der Waals surface area contributed by atoms with E-state index in [1.807, 2.05) is 4.90 Å². The van der Waals surface area contributed by atoms with Gasteiger partial charge in [-0.2, -0.15) is 0 Å². The summed E-state index contributed by atoms with van der Waals surface area (Å²) in [6.45, 7) is 4.10. The highest BCUT2D eigenvalue weighted by Gasteiger charge is 2.12. The van der Waals surface area contributed by atoms with Crippen LogP contribution in [0.25, 0.3) is 0 Å². The number of rotatable bonds is 18. The lowest BCUT2D eigenvalue weighted by molar-refractivity contribution is -0.131. The number of carbonyl (C=O) groups is 1. The van der Waals surface area contributed by atoms with Gasteiger partial charge in [-0.15, -0.1) is 0 Å². The largest absolute Gasteiger partial charge is 0.396 e. The standard InChI is InChI=1S/C20H41NO3/c1-2-3-4-5-6-7-8-9-10-15-20(24)21(16-11-13-18-22)17-12-14-19-23/h22-23H,2-19H2,1H3. The van der Waals surface area contributed by atoms with Gasteiger partial charge in [-0.1, -0.05) is 58.3 Å². The second-order valence-electron chi connectivity index (χ2n) is 6.82. The van der Waals surface area contributed by atoms with Crippen LogP contribution in [0.4, 0.5) is 0 Å². The summed E-state index contributed by atoms with van der Waals surface area (Å²) in [7, 11) is 0. The van der Waals surface area contributed by atoms with Gasteiger partial charge in [-0.05, 0) is 32.1 Å². The fraction of sp³-hybridized carbons (Fsp3) is 0.950. The van der Waals surface area contributed by atoms with Crippen LogP contribution >= 0.6 is 0 Å². The molecule has 4 heteroatoms. The van der Waals surface area contributed by atoms with Crippen molar-refractivity contribution in [2.75, 3.05) is 26.3 Å². The average Bonchev–Trinajstić information content (AvgIpc) is 2.59. The lowest BCUT2D eigenvalue weighted by Crippen LogP contribution is -2.33. The SMILES string of the molecule is CCCCCCCCCCCC(=O)N(CCCCO)CCCCO. The van der Waals surface area contributed by atoms with Crippen molar-refractivity contribution in [2.45, 2.75) is 96.8 Å². The van der Waals surface area contributed by atoms with E-state index in [4.69, 9.17) is 10.2 Å². The Kier molecular flexibility index (Phi) is 18.2. The van der Waals surface area contributed by atoms with Gasteiger partial charge in [0, 0.05) is 32.7 Å². The van der Waals surface area contributed by atoms with E-state index in [2.05, 4.69) is 6.92 Å². The van der Waals surface area contributed by atoms with E-state index in [1.54, 1.807) is 0 Å². The average molecular weight is 344 g/mol. The van der Waals surface area contributed by atoms with Gasteiger partial charge in [0.05, 0.1) is 0 Å². The molecule has 4 nitrogen and oxygen atoms in total. The Morgan fingerprint density at radius 1 is 0.667 bits per heavy atom. The summed E-state index contributed by atoms with van der Waals surface area (Å²) in [5, 5.41) is 17.8. The monoisotopic (exact) mass is 343 g/mol. The minimum atomic E-state index is 0.191. The highest BCUT2D eigenvalue weighted by Crippen LogP contribution is 2.12. The molecule has 0 aliphatic carbocycles. The Morgan fingerprint density at radius 2 is 1.12 bits per heavy atom. The van der Waals surface area contributed by atoms with Crippen molar-refractivity contribution in [1.29, 1.82) is 0 Å². The summed E-state index contributed by atoms with van der Waals surface area (Å²) in [6.07, 6.45) is 15.3. The van der Waals surface area contributed by atoms with E-state index >= 15 is 0 Å². The molecular formula is C20H41NO3. The topological polar surface area (TPSA) is 60.8 Å². The van der Waals surface area contributed by atoms with Crippen molar-refractivity contribution in [3.8, 4) is 0 Å². The van der Waals surface area contributed by atoms with Crippen molar-refractivity contribution < 1.29 is 15.0 Å². The Labute approximate surface area is 149 Å². The first kappa shape index (κ1) is 23.4. The van der Waals surface area contributed by atoms with Crippen LogP contribution in [-0.4, -0.2) is 47.3 Å². The molecule has 24 heavy (non-hydrogen) atoms. The third kappa shape index (κ3) is 14.9. The summed E-state index contributed by atoms with van der Waals surface area (Å²) in [5.41, 5.74) is 0. The van der Waals surface area contributed by atoms with E-state index in [9.17, 15) is 4.79 Å². The molecule has 2 N–H and O–H groups in total. The number of unbranched alkanes of at least 4 members (excludes halogenated alkanes) is 10. The number of aliphatic hydroxyl groups is 2. The summed E-state index contributed by atoms with van der Waals surface area (Å²) in [4.78, 5) is 14.3. The van der Waals surface area contributed by atoms with Crippen molar-refractivity contribution >= 4 is 5.91 Å². The molecule has 0 radical (unpaired) electrons. The van der Waals surface area contributed by atoms with Gasteiger partial charge in [-0.25, -0.2) is 0 Å².